The van der Waals surface area contributed by atoms with Gasteiger partial charge in [-0.05, 0) is 50.6 Å². The molecule has 0 saturated carbocycles. The molecule has 0 spiro atoms. The summed E-state index contributed by atoms with van der Waals surface area (Å²) in [5.41, 5.74) is 4.94. The molecular weight excluding hydrogens is 563 g/mol. The van der Waals surface area contributed by atoms with Crippen LogP contribution in [-0.4, -0.2) is 68.6 Å². The predicted molar refractivity (Wildman–Crippen MR) is 169 cm³/mol. The number of nitrogens with zero attached hydrogens (tertiary/aromatic N) is 6. The van der Waals surface area contributed by atoms with E-state index in [1.54, 1.807) is 12.1 Å². The number of carbonyl (C=O) groups is 1. The first-order valence-corrected chi connectivity index (χ1v) is 15.6. The number of hydrogen-bond donors (Lipinski definition) is 0. The molecule has 1 saturated heterocycles. The van der Waals surface area contributed by atoms with Gasteiger partial charge in [0.1, 0.15) is 17.1 Å². The Morgan fingerprint density at radius 2 is 1.77 bits per heavy atom. The number of rotatable bonds is 9. The lowest BCUT2D eigenvalue weighted by Gasteiger charge is -2.37. The molecule has 1 unspecified atom stereocenters. The molecule has 6 rings (SSSR count). The standard InChI is InChI=1S/C33H35FN6O2S/c1-4-29(32(41)39-18-16-38(17-19-39)27-12-8-9-13-28(27)42-5-2)43-33-35-31-30(36-37-33)24-20-22(3)14-15-26(24)40(31)21-23-10-6-7-11-25(23)34/h6-15,20,29H,4-5,16-19,21H2,1-3H3. The minimum absolute atomic E-state index is 0.0801. The van der Waals surface area contributed by atoms with Crippen LogP contribution in [0.4, 0.5) is 10.1 Å². The molecule has 5 aromatic rings. The number of anilines is 1. The molecule has 8 nitrogen and oxygen atoms in total. The Hall–Kier alpha value is -4.18. The van der Waals surface area contributed by atoms with E-state index in [9.17, 15) is 9.18 Å². The number of aryl methyl sites for hydroxylation is 1. The summed E-state index contributed by atoms with van der Waals surface area (Å²) in [6.07, 6.45) is 0.635. The Morgan fingerprint density at radius 1 is 1.00 bits per heavy atom. The van der Waals surface area contributed by atoms with E-state index in [0.29, 0.717) is 54.5 Å². The van der Waals surface area contributed by atoms with Gasteiger partial charge in [0, 0.05) is 37.1 Å². The summed E-state index contributed by atoms with van der Waals surface area (Å²) in [6, 6.07) is 20.9. The fraction of sp³-hybridized carbons (Fsp3) is 0.333. The molecule has 3 aromatic carbocycles. The number of hydrogen-bond acceptors (Lipinski definition) is 7. The van der Waals surface area contributed by atoms with Gasteiger partial charge in [0.05, 0.1) is 29.6 Å². The Kier molecular flexibility index (Phi) is 8.47. The second-order valence-corrected chi connectivity index (χ2v) is 11.9. The average molecular weight is 599 g/mol. The lowest BCUT2D eigenvalue weighted by Crippen LogP contribution is -2.51. The Labute approximate surface area is 254 Å². The fourth-order valence-corrected chi connectivity index (χ4v) is 6.56. The Bertz CT molecular complexity index is 1770. The molecule has 1 fully saturated rings. The molecule has 222 valence electrons. The summed E-state index contributed by atoms with van der Waals surface area (Å²) < 4.78 is 22.5. The number of benzene rings is 3. The van der Waals surface area contributed by atoms with Crippen LogP contribution in [0.1, 0.15) is 31.4 Å². The third kappa shape index (κ3) is 5.88. The highest BCUT2D eigenvalue weighted by atomic mass is 32.2. The van der Waals surface area contributed by atoms with Gasteiger partial charge in [0.15, 0.2) is 5.65 Å². The van der Waals surface area contributed by atoms with Crippen molar-refractivity contribution in [3.63, 3.8) is 0 Å². The molecule has 0 radical (unpaired) electrons. The highest BCUT2D eigenvalue weighted by Gasteiger charge is 2.29. The lowest BCUT2D eigenvalue weighted by molar-refractivity contribution is -0.130. The monoisotopic (exact) mass is 598 g/mol. The van der Waals surface area contributed by atoms with Crippen molar-refractivity contribution in [1.29, 1.82) is 0 Å². The first-order chi connectivity index (χ1) is 21.0. The molecule has 1 aliphatic heterocycles. The quantitative estimate of drug-likeness (QED) is 0.190. The van der Waals surface area contributed by atoms with Crippen LogP contribution in [0.25, 0.3) is 22.1 Å². The van der Waals surface area contributed by atoms with Crippen molar-refractivity contribution in [1.82, 2.24) is 24.6 Å². The molecule has 1 aliphatic rings. The second-order valence-electron chi connectivity index (χ2n) is 10.7. The first-order valence-electron chi connectivity index (χ1n) is 14.8. The molecule has 10 heteroatoms. The van der Waals surface area contributed by atoms with Crippen molar-refractivity contribution >= 4 is 45.4 Å². The van der Waals surface area contributed by atoms with Crippen LogP contribution in [0.15, 0.2) is 71.9 Å². The van der Waals surface area contributed by atoms with Crippen LogP contribution in [0, 0.1) is 12.7 Å². The van der Waals surface area contributed by atoms with Crippen LogP contribution >= 0.6 is 11.8 Å². The number of aromatic nitrogens is 4. The Balaban J connectivity index is 1.23. The van der Waals surface area contributed by atoms with Crippen molar-refractivity contribution in [2.24, 2.45) is 0 Å². The highest BCUT2D eigenvalue weighted by Crippen LogP contribution is 2.32. The third-order valence-electron chi connectivity index (χ3n) is 7.88. The van der Waals surface area contributed by atoms with Crippen LogP contribution < -0.4 is 9.64 Å². The van der Waals surface area contributed by atoms with Gasteiger partial charge in [-0.15, -0.1) is 10.2 Å². The van der Waals surface area contributed by atoms with Gasteiger partial charge < -0.3 is 19.1 Å². The number of amides is 1. The van der Waals surface area contributed by atoms with Gasteiger partial charge in [0.2, 0.25) is 11.1 Å². The van der Waals surface area contributed by atoms with Gasteiger partial charge in [-0.25, -0.2) is 9.37 Å². The van der Waals surface area contributed by atoms with Crippen molar-refractivity contribution in [2.75, 3.05) is 37.7 Å². The molecule has 1 atom stereocenters. The fourth-order valence-electron chi connectivity index (χ4n) is 5.66. The number of halogens is 1. The zero-order valence-corrected chi connectivity index (χ0v) is 25.5. The minimum Gasteiger partial charge on any atom is -0.492 e. The van der Waals surface area contributed by atoms with Crippen molar-refractivity contribution < 1.29 is 13.9 Å². The van der Waals surface area contributed by atoms with Gasteiger partial charge in [-0.2, -0.15) is 0 Å². The van der Waals surface area contributed by atoms with Gasteiger partial charge >= 0.3 is 0 Å². The zero-order valence-electron chi connectivity index (χ0n) is 24.7. The van der Waals surface area contributed by atoms with Gasteiger partial charge in [-0.3, -0.25) is 4.79 Å². The van der Waals surface area contributed by atoms with E-state index >= 15 is 0 Å². The van der Waals surface area contributed by atoms with E-state index < -0.39 is 0 Å². The van der Waals surface area contributed by atoms with Crippen LogP contribution in [0.5, 0.6) is 5.75 Å². The molecule has 3 heterocycles. The largest absolute Gasteiger partial charge is 0.492 e. The third-order valence-corrected chi connectivity index (χ3v) is 9.08. The minimum atomic E-state index is -0.340. The summed E-state index contributed by atoms with van der Waals surface area (Å²) in [5.74, 6) is 0.685. The maximum absolute atomic E-state index is 14.7. The summed E-state index contributed by atoms with van der Waals surface area (Å²) in [6.45, 7) is 9.66. The van der Waals surface area contributed by atoms with E-state index in [1.165, 1.54) is 17.8 Å². The Morgan fingerprint density at radius 3 is 2.53 bits per heavy atom. The van der Waals surface area contributed by atoms with E-state index in [2.05, 4.69) is 27.2 Å². The lowest BCUT2D eigenvalue weighted by atomic mass is 10.1. The maximum Gasteiger partial charge on any atom is 0.236 e. The van der Waals surface area contributed by atoms with Crippen molar-refractivity contribution in [3.05, 3.63) is 83.7 Å². The predicted octanol–water partition coefficient (Wildman–Crippen LogP) is 6.09. The SMILES string of the molecule is CCOc1ccccc1N1CCN(C(=O)C(CC)Sc2nnc3c4cc(C)ccc4n(Cc4ccccc4F)c3n2)CC1. The summed E-state index contributed by atoms with van der Waals surface area (Å²) in [4.78, 5) is 22.8. The van der Waals surface area contributed by atoms with Gasteiger partial charge in [-0.1, -0.05) is 60.6 Å². The van der Waals surface area contributed by atoms with Crippen LogP contribution in [0.3, 0.4) is 0 Å². The summed E-state index contributed by atoms with van der Waals surface area (Å²) in [7, 11) is 0. The number of para-hydroxylation sites is 2. The second kappa shape index (κ2) is 12.6. The highest BCUT2D eigenvalue weighted by molar-refractivity contribution is 8.00. The van der Waals surface area contributed by atoms with E-state index in [4.69, 9.17) is 9.72 Å². The zero-order chi connectivity index (χ0) is 29.9. The molecule has 43 heavy (non-hydrogen) atoms. The molecule has 2 aromatic heterocycles. The number of piperazine rings is 1. The normalized spacial score (nSPS) is 14.4. The van der Waals surface area contributed by atoms with Crippen LogP contribution in [0.2, 0.25) is 0 Å². The summed E-state index contributed by atoms with van der Waals surface area (Å²) >= 11 is 1.35. The average Bonchev–Trinajstić information content (AvgIpc) is 3.32. The smallest absolute Gasteiger partial charge is 0.236 e. The molecular formula is C33H35FN6O2S. The number of ether oxygens (including phenoxy) is 1. The molecule has 0 N–H and O–H groups in total. The first kappa shape index (κ1) is 28.9. The summed E-state index contributed by atoms with van der Waals surface area (Å²) in [5, 5.41) is 10.0. The van der Waals surface area contributed by atoms with Crippen molar-refractivity contribution in [3.8, 4) is 5.75 Å². The van der Waals surface area contributed by atoms with E-state index in [1.807, 2.05) is 66.6 Å². The topological polar surface area (TPSA) is 76.4 Å². The molecule has 0 bridgehead atoms. The maximum atomic E-state index is 14.7. The number of fused-ring (bicyclic) bond motifs is 3. The van der Waals surface area contributed by atoms with E-state index in [-0.39, 0.29) is 17.0 Å². The number of carbonyl (C=O) groups excluding carboxylic acids is 1. The number of thioether (sulfide) groups is 1. The van der Waals surface area contributed by atoms with E-state index in [0.717, 1.165) is 41.0 Å². The molecule has 0 aliphatic carbocycles. The molecule has 1 amide bonds. The van der Waals surface area contributed by atoms with Crippen molar-refractivity contribution in [2.45, 2.75) is 44.1 Å². The van der Waals surface area contributed by atoms with Crippen LogP contribution in [-0.2, 0) is 11.3 Å². The van der Waals surface area contributed by atoms with Gasteiger partial charge in [0.25, 0.3) is 0 Å².